The van der Waals surface area contributed by atoms with Gasteiger partial charge in [0.05, 0.1) is 18.7 Å². The minimum Gasteiger partial charge on any atom is -0.466 e. The van der Waals surface area contributed by atoms with Crippen LogP contribution in [0.1, 0.15) is 24.7 Å². The number of aromatic nitrogens is 1. The van der Waals surface area contributed by atoms with Crippen LogP contribution in [0.15, 0.2) is 24.3 Å². The highest BCUT2D eigenvalue weighted by Gasteiger charge is 1.96. The van der Waals surface area contributed by atoms with Crippen molar-refractivity contribution in [3.05, 3.63) is 35.7 Å². The summed E-state index contributed by atoms with van der Waals surface area (Å²) in [7, 11) is 0. The number of esters is 1. The first-order chi connectivity index (χ1) is 7.22. The monoisotopic (exact) mass is 205 g/mol. The van der Waals surface area contributed by atoms with Crippen LogP contribution in [-0.4, -0.2) is 17.6 Å². The molecule has 1 aromatic heterocycles. The topological polar surface area (TPSA) is 39.2 Å². The molecule has 3 nitrogen and oxygen atoms in total. The molecule has 0 aliphatic carbocycles. The largest absolute Gasteiger partial charge is 0.466 e. The SMILES string of the molecule is CCOC(=O)CC=Cc1cccc(C)n1. The molecular formula is C12H15NO2. The highest BCUT2D eigenvalue weighted by Crippen LogP contribution is 2.01. The summed E-state index contributed by atoms with van der Waals surface area (Å²) in [5, 5.41) is 0. The molecule has 0 saturated carbocycles. The van der Waals surface area contributed by atoms with Crippen LogP contribution in [0.4, 0.5) is 0 Å². The van der Waals surface area contributed by atoms with Gasteiger partial charge in [0.1, 0.15) is 0 Å². The normalized spacial score (nSPS) is 10.5. The molecule has 0 amide bonds. The van der Waals surface area contributed by atoms with E-state index in [1.807, 2.05) is 31.2 Å². The van der Waals surface area contributed by atoms with Crippen molar-refractivity contribution in [2.45, 2.75) is 20.3 Å². The number of rotatable bonds is 4. The van der Waals surface area contributed by atoms with Crippen LogP contribution in [0.5, 0.6) is 0 Å². The summed E-state index contributed by atoms with van der Waals surface area (Å²) in [6.45, 7) is 4.15. The van der Waals surface area contributed by atoms with Crippen LogP contribution in [0.2, 0.25) is 0 Å². The maximum Gasteiger partial charge on any atom is 0.309 e. The standard InChI is InChI=1S/C12H15NO2/c1-3-15-12(14)9-5-8-11-7-4-6-10(2)13-11/h4-8H,3,9H2,1-2H3. The summed E-state index contributed by atoms with van der Waals surface area (Å²) in [4.78, 5) is 15.3. The van der Waals surface area contributed by atoms with Crippen molar-refractivity contribution in [3.63, 3.8) is 0 Å². The molecule has 0 atom stereocenters. The second-order valence-electron chi connectivity index (χ2n) is 3.12. The van der Waals surface area contributed by atoms with Crippen LogP contribution in [0.25, 0.3) is 6.08 Å². The molecule has 0 radical (unpaired) electrons. The van der Waals surface area contributed by atoms with E-state index < -0.39 is 0 Å². The summed E-state index contributed by atoms with van der Waals surface area (Å²) in [5.74, 6) is -0.207. The second-order valence-corrected chi connectivity index (χ2v) is 3.12. The molecular weight excluding hydrogens is 190 g/mol. The van der Waals surface area contributed by atoms with E-state index in [-0.39, 0.29) is 5.97 Å². The first kappa shape index (κ1) is 11.4. The maximum atomic E-state index is 11.0. The highest BCUT2D eigenvalue weighted by atomic mass is 16.5. The van der Waals surface area contributed by atoms with E-state index >= 15 is 0 Å². The van der Waals surface area contributed by atoms with Crippen molar-refractivity contribution in [1.82, 2.24) is 4.98 Å². The van der Waals surface area contributed by atoms with Gasteiger partial charge >= 0.3 is 5.97 Å². The third kappa shape index (κ3) is 4.40. The van der Waals surface area contributed by atoms with E-state index in [1.165, 1.54) is 0 Å². The Morgan fingerprint density at radius 3 is 3.00 bits per heavy atom. The lowest BCUT2D eigenvalue weighted by Gasteiger charge is -1.97. The van der Waals surface area contributed by atoms with Crippen LogP contribution < -0.4 is 0 Å². The van der Waals surface area contributed by atoms with Gasteiger partial charge in [-0.05, 0) is 32.1 Å². The zero-order valence-electron chi connectivity index (χ0n) is 9.06. The Bertz CT molecular complexity index is 358. The Hall–Kier alpha value is -1.64. The highest BCUT2D eigenvalue weighted by molar-refractivity contribution is 5.72. The smallest absolute Gasteiger partial charge is 0.309 e. The van der Waals surface area contributed by atoms with Crippen molar-refractivity contribution < 1.29 is 9.53 Å². The fourth-order valence-electron chi connectivity index (χ4n) is 1.15. The molecule has 3 heteroatoms. The Labute approximate surface area is 89.8 Å². The van der Waals surface area contributed by atoms with Crippen LogP contribution in [-0.2, 0) is 9.53 Å². The summed E-state index contributed by atoms with van der Waals surface area (Å²) in [5.41, 5.74) is 1.83. The molecule has 0 spiro atoms. The van der Waals surface area contributed by atoms with Gasteiger partial charge in [0.2, 0.25) is 0 Å². The van der Waals surface area contributed by atoms with Gasteiger partial charge < -0.3 is 4.74 Å². The van der Waals surface area contributed by atoms with Gasteiger partial charge in [0.15, 0.2) is 0 Å². The quantitative estimate of drug-likeness (QED) is 0.708. The van der Waals surface area contributed by atoms with E-state index in [9.17, 15) is 4.79 Å². The second kappa shape index (κ2) is 5.96. The molecule has 15 heavy (non-hydrogen) atoms. The van der Waals surface area contributed by atoms with Crippen molar-refractivity contribution in [2.75, 3.05) is 6.61 Å². The molecule has 80 valence electrons. The minimum atomic E-state index is -0.207. The number of carbonyl (C=O) groups excluding carboxylic acids is 1. The molecule has 0 unspecified atom stereocenters. The van der Waals surface area contributed by atoms with Crippen LogP contribution in [0.3, 0.4) is 0 Å². The van der Waals surface area contributed by atoms with E-state index in [0.717, 1.165) is 11.4 Å². The maximum absolute atomic E-state index is 11.0. The molecule has 1 rings (SSSR count). The molecule has 0 N–H and O–H groups in total. The predicted octanol–water partition coefficient (Wildman–Crippen LogP) is 2.36. The van der Waals surface area contributed by atoms with Gasteiger partial charge in [0.25, 0.3) is 0 Å². The summed E-state index contributed by atoms with van der Waals surface area (Å²) >= 11 is 0. The Balaban J connectivity index is 2.48. The van der Waals surface area contributed by atoms with E-state index in [4.69, 9.17) is 4.74 Å². The number of carbonyl (C=O) groups is 1. The van der Waals surface area contributed by atoms with E-state index in [0.29, 0.717) is 13.0 Å². The number of aryl methyl sites for hydroxylation is 1. The molecule has 1 aromatic rings. The molecule has 0 aromatic carbocycles. The van der Waals surface area contributed by atoms with Crippen molar-refractivity contribution in [3.8, 4) is 0 Å². The van der Waals surface area contributed by atoms with Gasteiger partial charge in [-0.3, -0.25) is 9.78 Å². The average Bonchev–Trinajstić information content (AvgIpc) is 2.18. The van der Waals surface area contributed by atoms with E-state index in [2.05, 4.69) is 4.98 Å². The van der Waals surface area contributed by atoms with Gasteiger partial charge in [0, 0.05) is 5.69 Å². The third-order valence-corrected chi connectivity index (χ3v) is 1.79. The van der Waals surface area contributed by atoms with Gasteiger partial charge in [-0.25, -0.2) is 0 Å². The lowest BCUT2D eigenvalue weighted by atomic mass is 10.3. The number of hydrogen-bond donors (Lipinski definition) is 0. The zero-order chi connectivity index (χ0) is 11.1. The molecule has 0 saturated heterocycles. The summed E-state index contributed by atoms with van der Waals surface area (Å²) in [6, 6.07) is 5.77. The molecule has 0 aliphatic heterocycles. The molecule has 1 heterocycles. The lowest BCUT2D eigenvalue weighted by molar-refractivity contribution is -0.142. The summed E-state index contributed by atoms with van der Waals surface area (Å²) < 4.78 is 4.79. The summed E-state index contributed by atoms with van der Waals surface area (Å²) in [6.07, 6.45) is 3.88. The van der Waals surface area contributed by atoms with Gasteiger partial charge in [-0.2, -0.15) is 0 Å². The van der Waals surface area contributed by atoms with Crippen molar-refractivity contribution in [1.29, 1.82) is 0 Å². The lowest BCUT2D eigenvalue weighted by Crippen LogP contribution is -2.01. The first-order valence-electron chi connectivity index (χ1n) is 4.98. The number of pyridine rings is 1. The molecule has 0 aliphatic rings. The number of hydrogen-bond acceptors (Lipinski definition) is 3. The fourth-order valence-corrected chi connectivity index (χ4v) is 1.15. The van der Waals surface area contributed by atoms with Crippen molar-refractivity contribution >= 4 is 12.0 Å². The number of ether oxygens (including phenoxy) is 1. The average molecular weight is 205 g/mol. The molecule has 0 bridgehead atoms. The van der Waals surface area contributed by atoms with Crippen LogP contribution in [0, 0.1) is 6.92 Å². The Kier molecular flexibility index (Phi) is 4.54. The van der Waals surface area contributed by atoms with Crippen molar-refractivity contribution in [2.24, 2.45) is 0 Å². The number of nitrogens with zero attached hydrogens (tertiary/aromatic N) is 1. The van der Waals surface area contributed by atoms with E-state index in [1.54, 1.807) is 13.0 Å². The Morgan fingerprint density at radius 2 is 2.33 bits per heavy atom. The van der Waals surface area contributed by atoms with Gasteiger partial charge in [-0.15, -0.1) is 0 Å². The Morgan fingerprint density at radius 1 is 1.53 bits per heavy atom. The predicted molar refractivity (Wildman–Crippen MR) is 59.3 cm³/mol. The minimum absolute atomic E-state index is 0.207. The first-order valence-corrected chi connectivity index (χ1v) is 4.98. The van der Waals surface area contributed by atoms with Crippen LogP contribution >= 0.6 is 0 Å². The zero-order valence-corrected chi connectivity index (χ0v) is 9.06. The third-order valence-electron chi connectivity index (χ3n) is 1.79. The van der Waals surface area contributed by atoms with Gasteiger partial charge in [-0.1, -0.05) is 12.1 Å². The fraction of sp³-hybridized carbons (Fsp3) is 0.333. The molecule has 0 fully saturated rings.